The molecule has 196 valence electrons. The van der Waals surface area contributed by atoms with Crippen LogP contribution in [-0.2, 0) is 10.2 Å². The number of thiocarbonyl (C=S) groups is 1. The predicted octanol–water partition coefficient (Wildman–Crippen LogP) is 5.56. The van der Waals surface area contributed by atoms with E-state index in [1.807, 2.05) is 56.3 Å². The summed E-state index contributed by atoms with van der Waals surface area (Å²) >= 11 is 11.4. The zero-order valence-electron chi connectivity index (χ0n) is 19.9. The number of rotatable bonds is 4. The molecule has 12 heteroatoms. The smallest absolute Gasteiger partial charge is 0.245 e. The molecule has 6 nitrogen and oxygen atoms in total. The summed E-state index contributed by atoms with van der Waals surface area (Å²) in [7, 11) is -4.11. The van der Waals surface area contributed by atoms with Gasteiger partial charge in [-0.2, -0.15) is 31.0 Å². The maximum atomic E-state index is 12.9. The summed E-state index contributed by atoms with van der Waals surface area (Å²) in [5.74, 6) is -1.67. The SMILES string of the molecule is CC.O=S(=O)(NC(=S)N1CC(c2ccccc2)C(c2ccc(Cl)cc2)=N1)N1CCC(C(F)(F)F)CC1. The van der Waals surface area contributed by atoms with Gasteiger partial charge in [-0.1, -0.05) is 67.9 Å². The van der Waals surface area contributed by atoms with E-state index in [4.69, 9.17) is 23.8 Å². The van der Waals surface area contributed by atoms with Gasteiger partial charge >= 0.3 is 16.4 Å². The first-order chi connectivity index (χ1) is 17.0. The molecule has 0 spiro atoms. The van der Waals surface area contributed by atoms with Crippen LogP contribution in [0.5, 0.6) is 0 Å². The summed E-state index contributed by atoms with van der Waals surface area (Å²) in [6.45, 7) is 3.85. The van der Waals surface area contributed by atoms with Crippen molar-refractivity contribution in [3.05, 3.63) is 70.7 Å². The highest BCUT2D eigenvalue weighted by Gasteiger charge is 2.43. The molecule has 0 amide bonds. The number of benzene rings is 2. The van der Waals surface area contributed by atoms with Gasteiger partial charge in [0, 0.05) is 24.0 Å². The molecule has 2 aliphatic rings. The minimum absolute atomic E-state index is 0.136. The highest BCUT2D eigenvalue weighted by atomic mass is 35.5. The van der Waals surface area contributed by atoms with Crippen molar-refractivity contribution in [1.29, 1.82) is 0 Å². The van der Waals surface area contributed by atoms with Gasteiger partial charge in [0.2, 0.25) is 5.11 Å². The molecule has 0 bridgehead atoms. The molecule has 2 heterocycles. The molecule has 1 unspecified atom stereocenters. The lowest BCUT2D eigenvalue weighted by molar-refractivity contribution is -0.182. The van der Waals surface area contributed by atoms with Gasteiger partial charge in [0.05, 0.1) is 18.2 Å². The molecule has 2 aromatic carbocycles. The lowest BCUT2D eigenvalue weighted by Gasteiger charge is -2.32. The van der Waals surface area contributed by atoms with Crippen LogP contribution >= 0.6 is 23.8 Å². The first-order valence-corrected chi connectivity index (χ1v) is 13.8. The zero-order chi connectivity index (χ0) is 26.5. The number of hydrogen-bond donors (Lipinski definition) is 1. The number of hydrazone groups is 1. The second-order valence-corrected chi connectivity index (χ2v) is 10.7. The van der Waals surface area contributed by atoms with E-state index in [1.54, 1.807) is 12.1 Å². The Balaban J connectivity index is 0.00000176. The predicted molar refractivity (Wildman–Crippen MR) is 140 cm³/mol. The molecule has 1 saturated heterocycles. The molecule has 4 rings (SSSR count). The highest BCUT2D eigenvalue weighted by Crippen LogP contribution is 2.35. The number of nitrogens with one attached hydrogen (secondary N) is 1. The van der Waals surface area contributed by atoms with Crippen LogP contribution in [0.2, 0.25) is 5.02 Å². The van der Waals surface area contributed by atoms with Crippen LogP contribution in [-0.4, -0.2) is 54.4 Å². The van der Waals surface area contributed by atoms with Crippen molar-refractivity contribution in [3.8, 4) is 0 Å². The third kappa shape index (κ3) is 6.76. The Hall–Kier alpha value is -2.21. The average Bonchev–Trinajstić information content (AvgIpc) is 3.31. The molecule has 2 aromatic rings. The average molecular weight is 561 g/mol. The Labute approximate surface area is 220 Å². The van der Waals surface area contributed by atoms with Crippen molar-refractivity contribution in [3.63, 3.8) is 0 Å². The van der Waals surface area contributed by atoms with Crippen LogP contribution in [0.3, 0.4) is 0 Å². The molecular formula is C24H28ClF3N4O2S2. The van der Waals surface area contributed by atoms with Gasteiger partial charge in [0.1, 0.15) is 0 Å². The third-order valence-corrected chi connectivity index (χ3v) is 8.15. The van der Waals surface area contributed by atoms with Crippen molar-refractivity contribution in [2.75, 3.05) is 19.6 Å². The molecule has 2 aliphatic heterocycles. The fourth-order valence-corrected chi connectivity index (χ4v) is 5.81. The van der Waals surface area contributed by atoms with Crippen molar-refractivity contribution in [1.82, 2.24) is 14.0 Å². The van der Waals surface area contributed by atoms with Crippen LogP contribution in [0.25, 0.3) is 0 Å². The van der Waals surface area contributed by atoms with Crippen LogP contribution in [0.4, 0.5) is 13.2 Å². The Morgan fingerprint density at radius 3 is 2.19 bits per heavy atom. The number of piperidine rings is 1. The van der Waals surface area contributed by atoms with Gasteiger partial charge in [-0.3, -0.25) is 0 Å². The summed E-state index contributed by atoms with van der Waals surface area (Å²) in [6.07, 6.45) is -4.89. The Bertz CT molecular complexity index is 1170. The molecule has 1 fully saturated rings. The first-order valence-electron chi connectivity index (χ1n) is 11.6. The fourth-order valence-electron chi connectivity index (χ4n) is 4.11. The van der Waals surface area contributed by atoms with E-state index < -0.39 is 22.3 Å². The van der Waals surface area contributed by atoms with E-state index in [1.165, 1.54) is 5.01 Å². The van der Waals surface area contributed by atoms with Gasteiger partial charge < -0.3 is 0 Å². The number of nitrogens with zero attached hydrogens (tertiary/aromatic N) is 3. The van der Waals surface area contributed by atoms with E-state index in [2.05, 4.69) is 9.82 Å². The van der Waals surface area contributed by atoms with E-state index in [9.17, 15) is 21.6 Å². The molecular weight excluding hydrogens is 533 g/mol. The quantitative estimate of drug-likeness (QED) is 0.497. The van der Waals surface area contributed by atoms with E-state index in [0.29, 0.717) is 17.3 Å². The molecule has 1 N–H and O–H groups in total. The summed E-state index contributed by atoms with van der Waals surface area (Å²) < 4.78 is 67.7. The van der Waals surface area contributed by atoms with Gasteiger partial charge in [0.25, 0.3) is 0 Å². The van der Waals surface area contributed by atoms with Crippen LogP contribution < -0.4 is 4.72 Å². The number of alkyl halides is 3. The van der Waals surface area contributed by atoms with Gasteiger partial charge in [-0.05, 0) is 48.3 Å². The monoisotopic (exact) mass is 560 g/mol. The standard InChI is InChI=1S/C22H22ClF3N4O2S2.C2H6/c23-18-8-6-16(7-9-18)20-19(15-4-2-1-3-5-15)14-30(27-20)21(33)28-34(31,32)29-12-10-17(11-13-29)22(24,25)26;1-2/h1-9,17,19H,10-14H2,(H,28,33);1-2H3. The van der Waals surface area contributed by atoms with E-state index >= 15 is 0 Å². The van der Waals surface area contributed by atoms with Gasteiger partial charge in [-0.25, -0.2) is 9.73 Å². The van der Waals surface area contributed by atoms with E-state index in [-0.39, 0.29) is 37.0 Å². The molecule has 0 aromatic heterocycles. The van der Waals surface area contributed by atoms with Crippen molar-refractivity contribution < 1.29 is 21.6 Å². The van der Waals surface area contributed by atoms with E-state index in [0.717, 1.165) is 15.4 Å². The lowest BCUT2D eigenvalue weighted by Crippen LogP contribution is -2.50. The van der Waals surface area contributed by atoms with Crippen molar-refractivity contribution in [2.45, 2.75) is 38.8 Å². The fraction of sp³-hybridized carbons (Fsp3) is 0.417. The molecule has 1 atom stereocenters. The molecule has 0 aliphatic carbocycles. The van der Waals surface area contributed by atoms with Gasteiger partial charge in [-0.15, -0.1) is 0 Å². The van der Waals surface area contributed by atoms with Crippen LogP contribution in [0.15, 0.2) is 59.7 Å². The molecule has 0 radical (unpaired) electrons. The topological polar surface area (TPSA) is 65.0 Å². The normalized spacial score (nSPS) is 19.3. The summed E-state index contributed by atoms with van der Waals surface area (Å²) in [5.41, 5.74) is 2.51. The second-order valence-electron chi connectivity index (χ2n) is 8.16. The minimum Gasteiger partial charge on any atom is -0.245 e. The molecule has 36 heavy (non-hydrogen) atoms. The maximum Gasteiger partial charge on any atom is 0.391 e. The van der Waals surface area contributed by atoms with Gasteiger partial charge in [0.15, 0.2) is 0 Å². The van der Waals surface area contributed by atoms with Crippen LogP contribution in [0, 0.1) is 5.92 Å². The Morgan fingerprint density at radius 1 is 1.06 bits per heavy atom. The zero-order valence-corrected chi connectivity index (χ0v) is 22.3. The largest absolute Gasteiger partial charge is 0.391 e. The molecule has 0 saturated carbocycles. The lowest BCUT2D eigenvalue weighted by atomic mass is 9.91. The Kier molecular flexibility index (Phi) is 9.37. The number of halogens is 4. The van der Waals surface area contributed by atoms with Crippen molar-refractivity contribution in [2.24, 2.45) is 11.0 Å². The Morgan fingerprint density at radius 2 is 1.64 bits per heavy atom. The second kappa shape index (κ2) is 11.9. The van der Waals surface area contributed by atoms with Crippen molar-refractivity contribution >= 4 is 44.9 Å². The number of hydrogen-bond acceptors (Lipinski definition) is 4. The summed E-state index contributed by atoms with van der Waals surface area (Å²) in [6, 6.07) is 16.8. The summed E-state index contributed by atoms with van der Waals surface area (Å²) in [5, 5.41) is 6.43. The first kappa shape index (κ1) is 28.4. The summed E-state index contributed by atoms with van der Waals surface area (Å²) in [4.78, 5) is 0. The highest BCUT2D eigenvalue weighted by molar-refractivity contribution is 7.89. The maximum absolute atomic E-state index is 12.9. The third-order valence-electron chi connectivity index (χ3n) is 5.96. The minimum atomic E-state index is -4.33. The van der Waals surface area contributed by atoms with Crippen LogP contribution in [0.1, 0.15) is 43.7 Å².